The van der Waals surface area contributed by atoms with Gasteiger partial charge in [0.1, 0.15) is 11.3 Å². The van der Waals surface area contributed by atoms with Crippen LogP contribution >= 0.6 is 0 Å². The predicted molar refractivity (Wildman–Crippen MR) is 109 cm³/mol. The van der Waals surface area contributed by atoms with Crippen LogP contribution in [0.1, 0.15) is 61.8 Å². The Morgan fingerprint density at radius 3 is 2.27 bits per heavy atom. The Balaban J connectivity index is 3.15. The Bertz CT molecular complexity index is 517. The maximum atomic E-state index is 12.9. The molecule has 1 heterocycles. The van der Waals surface area contributed by atoms with Crippen molar-refractivity contribution < 1.29 is 18.7 Å². The van der Waals surface area contributed by atoms with Crippen LogP contribution in [0.5, 0.6) is 0 Å². The fourth-order valence-corrected chi connectivity index (χ4v) is 4.14. The second-order valence-electron chi connectivity index (χ2n) is 10.1. The van der Waals surface area contributed by atoms with Crippen molar-refractivity contribution in [3.05, 3.63) is 12.7 Å². The molecule has 5 nitrogen and oxygen atoms in total. The highest BCUT2D eigenvalue weighted by Gasteiger charge is 2.50. The van der Waals surface area contributed by atoms with Crippen LogP contribution in [-0.2, 0) is 13.9 Å². The molecule has 1 fully saturated rings. The minimum atomic E-state index is -2.01. The first kappa shape index (κ1) is 23.2. The van der Waals surface area contributed by atoms with Gasteiger partial charge in [0.05, 0.1) is 18.8 Å². The summed E-state index contributed by atoms with van der Waals surface area (Å²) in [6, 6.07) is -0.202. The van der Waals surface area contributed by atoms with E-state index >= 15 is 0 Å². The fraction of sp³-hybridized carbons (Fsp3) is 0.850. The van der Waals surface area contributed by atoms with Gasteiger partial charge in [0, 0.05) is 0 Å². The van der Waals surface area contributed by atoms with Gasteiger partial charge in [0.25, 0.3) is 0 Å². The molecule has 1 saturated heterocycles. The van der Waals surface area contributed by atoms with E-state index in [1.165, 1.54) is 0 Å². The van der Waals surface area contributed by atoms with E-state index in [4.69, 9.17) is 13.9 Å². The summed E-state index contributed by atoms with van der Waals surface area (Å²) >= 11 is 0. The lowest BCUT2D eigenvalue weighted by Crippen LogP contribution is -2.56. The largest absolute Gasteiger partial charge is 0.444 e. The van der Waals surface area contributed by atoms with Crippen molar-refractivity contribution in [2.24, 2.45) is 0 Å². The minimum Gasteiger partial charge on any atom is -0.444 e. The van der Waals surface area contributed by atoms with Crippen molar-refractivity contribution >= 4 is 14.4 Å². The molecule has 26 heavy (non-hydrogen) atoms. The molecule has 0 bridgehead atoms. The first-order valence-electron chi connectivity index (χ1n) is 9.47. The third-order valence-electron chi connectivity index (χ3n) is 5.19. The summed E-state index contributed by atoms with van der Waals surface area (Å²) in [6.07, 6.45) is 1.99. The van der Waals surface area contributed by atoms with E-state index in [1.54, 1.807) is 4.90 Å². The molecular formula is C20H39NO4Si. The SMILES string of the molecule is C=CC[C@@H](O[Si](C)(C)C(C)(C)C)[C@@H]1COC(C)(C)N1C(=O)OC(C)(C)C. The molecule has 0 aliphatic carbocycles. The third-order valence-corrected chi connectivity index (χ3v) is 9.69. The Morgan fingerprint density at radius 2 is 1.85 bits per heavy atom. The van der Waals surface area contributed by atoms with Gasteiger partial charge in [-0.15, -0.1) is 6.58 Å². The lowest BCUT2D eigenvalue weighted by atomic mass is 10.1. The third kappa shape index (κ3) is 5.57. The van der Waals surface area contributed by atoms with Crippen molar-refractivity contribution in [3.8, 4) is 0 Å². The number of amides is 1. The molecule has 1 amide bonds. The van der Waals surface area contributed by atoms with Crippen LogP contribution in [0.4, 0.5) is 4.79 Å². The van der Waals surface area contributed by atoms with E-state index in [0.717, 1.165) is 0 Å². The zero-order chi connectivity index (χ0) is 20.6. The number of hydrogen-bond acceptors (Lipinski definition) is 4. The molecule has 0 aromatic carbocycles. The number of carbonyl (C=O) groups is 1. The molecule has 0 aromatic heterocycles. The quantitative estimate of drug-likeness (QED) is 0.474. The summed E-state index contributed by atoms with van der Waals surface area (Å²) < 4.78 is 18.3. The molecule has 1 aliphatic rings. The van der Waals surface area contributed by atoms with Gasteiger partial charge in [-0.1, -0.05) is 26.8 Å². The fourth-order valence-electron chi connectivity index (χ4n) is 2.78. The number of carbonyl (C=O) groups excluding carboxylic acids is 1. The van der Waals surface area contributed by atoms with Crippen molar-refractivity contribution in [2.75, 3.05) is 6.61 Å². The van der Waals surface area contributed by atoms with Crippen LogP contribution in [0, 0.1) is 0 Å². The first-order valence-corrected chi connectivity index (χ1v) is 12.4. The lowest BCUT2D eigenvalue weighted by Gasteiger charge is -2.43. The molecule has 0 spiro atoms. The first-order chi connectivity index (χ1) is 11.5. The smallest absolute Gasteiger partial charge is 0.412 e. The Kier molecular flexibility index (Phi) is 6.81. The highest BCUT2D eigenvalue weighted by atomic mass is 28.4. The van der Waals surface area contributed by atoms with Gasteiger partial charge in [-0.25, -0.2) is 4.79 Å². The average molecular weight is 386 g/mol. The van der Waals surface area contributed by atoms with Gasteiger partial charge in [-0.3, -0.25) is 4.90 Å². The molecule has 0 saturated carbocycles. The zero-order valence-corrected chi connectivity index (χ0v) is 19.4. The molecule has 0 N–H and O–H groups in total. The standard InChI is InChI=1S/C20H39NO4Si/c1-12-13-16(25-26(10,11)19(5,6)7)15-14-23-20(8,9)21(15)17(22)24-18(2,3)4/h12,15-16H,1,13-14H2,2-11H3/t15-,16+/m0/s1. The number of hydrogen-bond donors (Lipinski definition) is 0. The predicted octanol–water partition coefficient (Wildman–Crippen LogP) is 5.32. The second kappa shape index (κ2) is 7.64. The number of nitrogens with zero attached hydrogens (tertiary/aromatic N) is 1. The number of rotatable bonds is 5. The van der Waals surface area contributed by atoms with E-state index in [9.17, 15) is 4.79 Å². The van der Waals surface area contributed by atoms with Gasteiger partial charge < -0.3 is 13.9 Å². The van der Waals surface area contributed by atoms with Crippen LogP contribution in [0.15, 0.2) is 12.7 Å². The van der Waals surface area contributed by atoms with Crippen LogP contribution in [0.2, 0.25) is 18.1 Å². The van der Waals surface area contributed by atoms with Crippen LogP contribution in [0.3, 0.4) is 0 Å². The molecule has 1 aliphatic heterocycles. The maximum absolute atomic E-state index is 12.9. The molecule has 0 aromatic rings. The normalized spacial score (nSPS) is 22.2. The monoisotopic (exact) mass is 385 g/mol. The summed E-state index contributed by atoms with van der Waals surface area (Å²) in [4.78, 5) is 14.6. The van der Waals surface area contributed by atoms with Gasteiger partial charge in [-0.2, -0.15) is 0 Å². The van der Waals surface area contributed by atoms with Crippen LogP contribution in [0.25, 0.3) is 0 Å². The van der Waals surface area contributed by atoms with E-state index in [-0.39, 0.29) is 23.3 Å². The molecular weight excluding hydrogens is 346 g/mol. The van der Waals surface area contributed by atoms with Crippen molar-refractivity contribution in [1.82, 2.24) is 4.90 Å². The van der Waals surface area contributed by atoms with E-state index in [0.29, 0.717) is 13.0 Å². The second-order valence-corrected chi connectivity index (χ2v) is 14.9. The van der Waals surface area contributed by atoms with Gasteiger partial charge >= 0.3 is 6.09 Å². The topological polar surface area (TPSA) is 48.0 Å². The molecule has 0 radical (unpaired) electrons. The summed E-state index contributed by atoms with van der Waals surface area (Å²) in [7, 11) is -2.01. The average Bonchev–Trinajstić information content (AvgIpc) is 2.70. The summed E-state index contributed by atoms with van der Waals surface area (Å²) in [5, 5.41) is 0.0815. The Labute approximate surface area is 161 Å². The number of ether oxygens (including phenoxy) is 2. The summed E-state index contributed by atoms with van der Waals surface area (Å²) in [5.74, 6) is 0. The highest BCUT2D eigenvalue weighted by molar-refractivity contribution is 6.74. The minimum absolute atomic E-state index is 0.0815. The van der Waals surface area contributed by atoms with Gasteiger partial charge in [-0.05, 0) is 59.2 Å². The van der Waals surface area contributed by atoms with E-state index < -0.39 is 19.6 Å². The highest BCUT2D eigenvalue weighted by Crippen LogP contribution is 2.40. The van der Waals surface area contributed by atoms with Crippen molar-refractivity contribution in [1.29, 1.82) is 0 Å². The van der Waals surface area contributed by atoms with Gasteiger partial charge in [0.15, 0.2) is 8.32 Å². The molecule has 6 heteroatoms. The van der Waals surface area contributed by atoms with Crippen LogP contribution < -0.4 is 0 Å². The van der Waals surface area contributed by atoms with E-state index in [2.05, 4.69) is 40.4 Å². The Hall–Kier alpha value is -0.853. The maximum Gasteiger partial charge on any atom is 0.412 e. The molecule has 0 unspecified atom stereocenters. The van der Waals surface area contributed by atoms with Crippen molar-refractivity contribution in [2.45, 2.75) is 103 Å². The van der Waals surface area contributed by atoms with E-state index in [1.807, 2.05) is 40.7 Å². The van der Waals surface area contributed by atoms with Gasteiger partial charge in [0.2, 0.25) is 0 Å². The Morgan fingerprint density at radius 1 is 1.31 bits per heavy atom. The van der Waals surface area contributed by atoms with Crippen molar-refractivity contribution in [3.63, 3.8) is 0 Å². The van der Waals surface area contributed by atoms with Crippen LogP contribution in [-0.4, -0.2) is 49.4 Å². The zero-order valence-electron chi connectivity index (χ0n) is 18.4. The lowest BCUT2D eigenvalue weighted by molar-refractivity contribution is -0.0670. The molecule has 2 atom stereocenters. The summed E-state index contributed by atoms with van der Waals surface area (Å²) in [5.41, 5.74) is -1.29. The molecule has 152 valence electrons. The molecule has 1 rings (SSSR count). The summed E-state index contributed by atoms with van der Waals surface area (Å²) in [6.45, 7) is 24.8.